The van der Waals surface area contributed by atoms with Crippen molar-refractivity contribution >= 4 is 34.9 Å². The molecule has 0 spiro atoms. The fourth-order valence-electron chi connectivity index (χ4n) is 1.63. The summed E-state index contributed by atoms with van der Waals surface area (Å²) in [6.45, 7) is 2.40. The van der Waals surface area contributed by atoms with Crippen molar-refractivity contribution in [3.8, 4) is 0 Å². The molecule has 0 saturated heterocycles. The van der Waals surface area contributed by atoms with Crippen LogP contribution in [-0.4, -0.2) is 17.6 Å². The van der Waals surface area contributed by atoms with Crippen LogP contribution in [0, 0.1) is 0 Å². The summed E-state index contributed by atoms with van der Waals surface area (Å²) >= 11 is 10.7. The Morgan fingerprint density at radius 2 is 2.11 bits per heavy atom. The Hall–Kier alpha value is -1.59. The summed E-state index contributed by atoms with van der Waals surface area (Å²) in [6, 6.07) is 7.17. The molecular weight excluding hydrogens is 284 g/mol. The van der Waals surface area contributed by atoms with Crippen molar-refractivity contribution in [2.24, 2.45) is 0 Å². The Kier molecular flexibility index (Phi) is 4.39. The predicted octanol–water partition coefficient (Wildman–Crippen LogP) is 2.13. The lowest BCUT2D eigenvalue weighted by atomic mass is 10.2. The molecule has 0 unspecified atom stereocenters. The zero-order chi connectivity index (χ0) is 13.8. The molecule has 1 aromatic carbocycles. The van der Waals surface area contributed by atoms with Crippen molar-refractivity contribution < 1.29 is 9.53 Å². The van der Waals surface area contributed by atoms with Crippen LogP contribution in [0.15, 0.2) is 35.5 Å². The van der Waals surface area contributed by atoms with E-state index in [1.807, 2.05) is 12.1 Å². The minimum atomic E-state index is -0.352. The lowest BCUT2D eigenvalue weighted by Gasteiger charge is -2.20. The number of halogens is 1. The van der Waals surface area contributed by atoms with Gasteiger partial charge in [0.15, 0.2) is 5.11 Å². The summed E-state index contributed by atoms with van der Waals surface area (Å²) in [4.78, 5) is 11.9. The van der Waals surface area contributed by atoms with Crippen LogP contribution in [0.2, 0.25) is 5.02 Å². The number of allylic oxidation sites excluding steroid dienone is 1. The molecule has 1 heterocycles. The van der Waals surface area contributed by atoms with Gasteiger partial charge in [0.25, 0.3) is 0 Å². The molecule has 0 aliphatic carbocycles. The number of hydrogen-bond acceptors (Lipinski definition) is 3. The number of rotatable bonds is 3. The highest BCUT2D eigenvalue weighted by atomic mass is 35.5. The molecule has 1 aliphatic heterocycles. The van der Waals surface area contributed by atoms with E-state index in [4.69, 9.17) is 28.6 Å². The van der Waals surface area contributed by atoms with E-state index in [1.165, 1.54) is 0 Å². The number of thiocarbonyl (C=S) groups is 1. The Balaban J connectivity index is 1.96. The number of carbonyl (C=O) groups is 1. The maximum absolute atomic E-state index is 11.9. The van der Waals surface area contributed by atoms with Crippen LogP contribution in [0.5, 0.6) is 0 Å². The van der Waals surface area contributed by atoms with Crippen LogP contribution in [0.4, 0.5) is 0 Å². The monoisotopic (exact) mass is 296 g/mol. The average molecular weight is 297 g/mol. The van der Waals surface area contributed by atoms with E-state index in [9.17, 15) is 4.79 Å². The fourth-order valence-corrected chi connectivity index (χ4v) is 1.98. The second-order valence-electron chi connectivity index (χ2n) is 4.11. The summed E-state index contributed by atoms with van der Waals surface area (Å²) in [5, 5.41) is 6.97. The van der Waals surface area contributed by atoms with Gasteiger partial charge < -0.3 is 15.4 Å². The zero-order valence-electron chi connectivity index (χ0n) is 10.3. The van der Waals surface area contributed by atoms with Crippen LogP contribution in [-0.2, 0) is 16.1 Å². The number of ether oxygens (including phenoxy) is 1. The smallest absolute Gasteiger partial charge is 0.337 e. The normalized spacial score (nSPS) is 14.7. The number of carbonyl (C=O) groups excluding carboxylic acids is 1. The van der Waals surface area contributed by atoms with Gasteiger partial charge in [-0.25, -0.2) is 4.79 Å². The molecule has 1 aliphatic rings. The van der Waals surface area contributed by atoms with Crippen LogP contribution in [0.3, 0.4) is 0 Å². The van der Waals surface area contributed by atoms with Gasteiger partial charge in [0.1, 0.15) is 6.61 Å². The van der Waals surface area contributed by atoms with E-state index in [-0.39, 0.29) is 12.6 Å². The predicted molar refractivity (Wildman–Crippen MR) is 77.7 cm³/mol. The molecule has 0 bridgehead atoms. The minimum absolute atomic E-state index is 0.219. The molecule has 6 heteroatoms. The lowest BCUT2D eigenvalue weighted by molar-refractivity contribution is -0.140. The highest BCUT2D eigenvalue weighted by Gasteiger charge is 2.19. The highest BCUT2D eigenvalue weighted by molar-refractivity contribution is 7.80. The SMILES string of the molecule is CC1=C(C(=O)OCc2ccc(Cl)cc2)CNC(=S)N1. The van der Waals surface area contributed by atoms with Crippen LogP contribution in [0.25, 0.3) is 0 Å². The van der Waals surface area contributed by atoms with Gasteiger partial charge in [0, 0.05) is 10.7 Å². The van der Waals surface area contributed by atoms with Gasteiger partial charge in [-0.3, -0.25) is 0 Å². The fraction of sp³-hybridized carbons (Fsp3) is 0.231. The lowest BCUT2D eigenvalue weighted by Crippen LogP contribution is -2.42. The van der Waals surface area contributed by atoms with Crippen molar-refractivity contribution in [2.75, 3.05) is 6.54 Å². The number of esters is 1. The molecule has 0 aromatic heterocycles. The van der Waals surface area contributed by atoms with E-state index in [0.29, 0.717) is 22.3 Å². The summed E-state index contributed by atoms with van der Waals surface area (Å²) < 4.78 is 5.25. The first-order valence-corrected chi connectivity index (χ1v) is 6.51. The van der Waals surface area contributed by atoms with Gasteiger partial charge in [-0.1, -0.05) is 23.7 Å². The summed E-state index contributed by atoms with van der Waals surface area (Å²) in [7, 11) is 0. The van der Waals surface area contributed by atoms with Gasteiger partial charge in [-0.15, -0.1) is 0 Å². The Labute approximate surface area is 121 Å². The average Bonchev–Trinajstić information content (AvgIpc) is 2.37. The van der Waals surface area contributed by atoms with Crippen LogP contribution < -0.4 is 10.6 Å². The first-order valence-electron chi connectivity index (χ1n) is 5.72. The van der Waals surface area contributed by atoms with Gasteiger partial charge in [-0.05, 0) is 36.8 Å². The third kappa shape index (κ3) is 3.68. The van der Waals surface area contributed by atoms with Crippen molar-refractivity contribution in [2.45, 2.75) is 13.5 Å². The molecule has 2 rings (SSSR count). The van der Waals surface area contributed by atoms with Crippen LogP contribution >= 0.6 is 23.8 Å². The largest absolute Gasteiger partial charge is 0.457 e. The third-order valence-electron chi connectivity index (χ3n) is 2.71. The van der Waals surface area contributed by atoms with Crippen LogP contribution in [0.1, 0.15) is 12.5 Å². The first-order chi connectivity index (χ1) is 9.06. The van der Waals surface area contributed by atoms with Gasteiger partial charge in [-0.2, -0.15) is 0 Å². The molecular formula is C13H13ClN2O2S. The van der Waals surface area contributed by atoms with E-state index in [2.05, 4.69) is 10.6 Å². The Morgan fingerprint density at radius 1 is 1.42 bits per heavy atom. The molecule has 100 valence electrons. The Bertz CT molecular complexity index is 540. The Morgan fingerprint density at radius 3 is 2.74 bits per heavy atom. The maximum Gasteiger partial charge on any atom is 0.337 e. The molecule has 0 amide bonds. The van der Waals surface area contributed by atoms with Crippen molar-refractivity contribution in [3.05, 3.63) is 46.1 Å². The van der Waals surface area contributed by atoms with Gasteiger partial charge in [0.05, 0.1) is 12.1 Å². The molecule has 0 atom stereocenters. The molecule has 19 heavy (non-hydrogen) atoms. The van der Waals surface area contributed by atoms with Crippen molar-refractivity contribution in [3.63, 3.8) is 0 Å². The number of nitrogens with one attached hydrogen (secondary N) is 2. The molecule has 0 saturated carbocycles. The van der Waals surface area contributed by atoms with Crippen molar-refractivity contribution in [1.29, 1.82) is 0 Å². The standard InChI is InChI=1S/C13H13ClN2O2S/c1-8-11(6-15-13(19)16-8)12(17)18-7-9-2-4-10(14)5-3-9/h2-5H,6-7H2,1H3,(H2,15,16,19). The summed E-state index contributed by atoms with van der Waals surface area (Å²) in [5.41, 5.74) is 2.18. The van der Waals surface area contributed by atoms with Gasteiger partial charge in [0.2, 0.25) is 0 Å². The van der Waals surface area contributed by atoms with E-state index >= 15 is 0 Å². The first kappa shape index (κ1) is 13.8. The zero-order valence-corrected chi connectivity index (χ0v) is 11.9. The highest BCUT2D eigenvalue weighted by Crippen LogP contribution is 2.12. The molecule has 2 N–H and O–H groups in total. The number of hydrogen-bond donors (Lipinski definition) is 2. The molecule has 0 radical (unpaired) electrons. The second kappa shape index (κ2) is 6.04. The van der Waals surface area contributed by atoms with Gasteiger partial charge >= 0.3 is 5.97 Å². The molecule has 0 fully saturated rings. The number of benzene rings is 1. The van der Waals surface area contributed by atoms with E-state index < -0.39 is 0 Å². The second-order valence-corrected chi connectivity index (χ2v) is 4.96. The maximum atomic E-state index is 11.9. The van der Waals surface area contributed by atoms with E-state index in [1.54, 1.807) is 19.1 Å². The van der Waals surface area contributed by atoms with E-state index in [0.717, 1.165) is 11.3 Å². The summed E-state index contributed by atoms with van der Waals surface area (Å²) in [5.74, 6) is -0.352. The third-order valence-corrected chi connectivity index (χ3v) is 3.21. The molecule has 4 nitrogen and oxygen atoms in total. The summed E-state index contributed by atoms with van der Waals surface area (Å²) in [6.07, 6.45) is 0. The quantitative estimate of drug-likeness (QED) is 0.661. The molecule has 1 aromatic rings. The topological polar surface area (TPSA) is 50.4 Å². The van der Waals surface area contributed by atoms with Crippen molar-refractivity contribution in [1.82, 2.24) is 10.6 Å². The minimum Gasteiger partial charge on any atom is -0.457 e.